The van der Waals surface area contributed by atoms with Crippen molar-refractivity contribution in [3.05, 3.63) is 35.6 Å². The van der Waals surface area contributed by atoms with Gasteiger partial charge in [0.1, 0.15) is 5.82 Å². The van der Waals surface area contributed by atoms with Crippen LogP contribution in [0, 0.1) is 11.2 Å². The molecule has 1 saturated carbocycles. The van der Waals surface area contributed by atoms with E-state index in [9.17, 15) is 4.39 Å². The first-order valence-electron chi connectivity index (χ1n) is 7.48. The van der Waals surface area contributed by atoms with E-state index in [-0.39, 0.29) is 17.3 Å². The topological polar surface area (TPSA) is 12.0 Å². The van der Waals surface area contributed by atoms with Crippen LogP contribution in [0.2, 0.25) is 0 Å². The van der Waals surface area contributed by atoms with Crippen molar-refractivity contribution in [3.63, 3.8) is 0 Å². The van der Waals surface area contributed by atoms with Crippen LogP contribution in [0.4, 0.5) is 4.39 Å². The maximum atomic E-state index is 13.1. The lowest BCUT2D eigenvalue weighted by molar-refractivity contribution is 0.226. The summed E-state index contributed by atoms with van der Waals surface area (Å²) in [5, 5.41) is 3.81. The summed E-state index contributed by atoms with van der Waals surface area (Å²) in [7, 11) is 0. The highest BCUT2D eigenvalue weighted by molar-refractivity contribution is 5.22. The van der Waals surface area contributed by atoms with Gasteiger partial charge in [-0.1, -0.05) is 52.2 Å². The zero-order valence-electron chi connectivity index (χ0n) is 12.4. The standard InChI is InChI=1S/C17H26FN/c1-17(2,3)16(13-9-11-14(18)12-10-13)19-15-7-5-4-6-8-15/h9-12,15-16,19H,4-8H2,1-3H3. The summed E-state index contributed by atoms with van der Waals surface area (Å²) in [4.78, 5) is 0. The Hall–Kier alpha value is -0.890. The maximum absolute atomic E-state index is 13.1. The highest BCUT2D eigenvalue weighted by Gasteiger charge is 2.28. The molecule has 1 aliphatic rings. The number of benzene rings is 1. The van der Waals surface area contributed by atoms with Gasteiger partial charge >= 0.3 is 0 Å². The summed E-state index contributed by atoms with van der Waals surface area (Å²) in [6, 6.07) is 7.87. The van der Waals surface area contributed by atoms with E-state index in [1.807, 2.05) is 12.1 Å². The van der Waals surface area contributed by atoms with E-state index in [1.165, 1.54) is 37.7 Å². The predicted molar refractivity (Wildman–Crippen MR) is 78.6 cm³/mol. The molecule has 1 nitrogen and oxygen atoms in total. The molecular weight excluding hydrogens is 237 g/mol. The average molecular weight is 263 g/mol. The molecule has 2 rings (SSSR count). The monoisotopic (exact) mass is 263 g/mol. The van der Waals surface area contributed by atoms with E-state index in [0.717, 1.165) is 0 Å². The van der Waals surface area contributed by atoms with E-state index < -0.39 is 0 Å². The van der Waals surface area contributed by atoms with Crippen LogP contribution in [0.1, 0.15) is 64.5 Å². The van der Waals surface area contributed by atoms with Crippen molar-refractivity contribution in [3.8, 4) is 0 Å². The quantitative estimate of drug-likeness (QED) is 0.823. The van der Waals surface area contributed by atoms with E-state index in [0.29, 0.717) is 6.04 Å². The molecule has 1 atom stereocenters. The first kappa shape index (κ1) is 14.5. The molecule has 1 N–H and O–H groups in total. The van der Waals surface area contributed by atoms with Crippen LogP contribution in [0.3, 0.4) is 0 Å². The number of halogens is 1. The van der Waals surface area contributed by atoms with Crippen molar-refractivity contribution in [2.75, 3.05) is 0 Å². The fourth-order valence-corrected chi connectivity index (χ4v) is 3.01. The van der Waals surface area contributed by atoms with Crippen molar-refractivity contribution in [2.24, 2.45) is 5.41 Å². The highest BCUT2D eigenvalue weighted by Crippen LogP contribution is 2.34. The van der Waals surface area contributed by atoms with Gasteiger partial charge in [0, 0.05) is 12.1 Å². The highest BCUT2D eigenvalue weighted by atomic mass is 19.1. The van der Waals surface area contributed by atoms with Crippen LogP contribution in [0.15, 0.2) is 24.3 Å². The van der Waals surface area contributed by atoms with Crippen LogP contribution in [-0.2, 0) is 0 Å². The van der Waals surface area contributed by atoms with Gasteiger partial charge in [-0.3, -0.25) is 0 Å². The van der Waals surface area contributed by atoms with Gasteiger partial charge in [-0.05, 0) is 36.0 Å². The summed E-state index contributed by atoms with van der Waals surface area (Å²) >= 11 is 0. The molecule has 19 heavy (non-hydrogen) atoms. The molecule has 0 bridgehead atoms. The Balaban J connectivity index is 2.13. The molecule has 1 aromatic rings. The van der Waals surface area contributed by atoms with Crippen LogP contribution >= 0.6 is 0 Å². The summed E-state index contributed by atoms with van der Waals surface area (Å²) in [5.74, 6) is -0.158. The zero-order chi connectivity index (χ0) is 13.9. The molecule has 106 valence electrons. The van der Waals surface area contributed by atoms with Crippen LogP contribution in [-0.4, -0.2) is 6.04 Å². The van der Waals surface area contributed by atoms with Crippen LogP contribution < -0.4 is 5.32 Å². The summed E-state index contributed by atoms with van der Waals surface area (Å²) in [6.45, 7) is 6.74. The fourth-order valence-electron chi connectivity index (χ4n) is 3.01. The van der Waals surface area contributed by atoms with Crippen LogP contribution in [0.25, 0.3) is 0 Å². The van der Waals surface area contributed by atoms with Gasteiger partial charge in [-0.2, -0.15) is 0 Å². The minimum atomic E-state index is -0.158. The summed E-state index contributed by atoms with van der Waals surface area (Å²) in [6.07, 6.45) is 6.58. The molecule has 0 spiro atoms. The Labute approximate surface area is 116 Å². The van der Waals surface area contributed by atoms with Gasteiger partial charge < -0.3 is 5.32 Å². The lowest BCUT2D eigenvalue weighted by atomic mass is 9.81. The van der Waals surface area contributed by atoms with Crippen molar-refractivity contribution in [1.82, 2.24) is 5.32 Å². The Bertz CT molecular complexity index is 385. The van der Waals surface area contributed by atoms with E-state index in [4.69, 9.17) is 0 Å². The van der Waals surface area contributed by atoms with Gasteiger partial charge in [0.05, 0.1) is 0 Å². The second kappa shape index (κ2) is 6.04. The van der Waals surface area contributed by atoms with Crippen LogP contribution in [0.5, 0.6) is 0 Å². The molecule has 0 aliphatic heterocycles. The van der Waals surface area contributed by atoms with E-state index in [2.05, 4.69) is 26.1 Å². The summed E-state index contributed by atoms with van der Waals surface area (Å²) < 4.78 is 13.1. The molecule has 2 heteroatoms. The Morgan fingerprint density at radius 3 is 2.16 bits per heavy atom. The molecule has 0 amide bonds. The van der Waals surface area contributed by atoms with Crippen molar-refractivity contribution < 1.29 is 4.39 Å². The Morgan fingerprint density at radius 2 is 1.63 bits per heavy atom. The normalized spacial score (nSPS) is 19.4. The average Bonchev–Trinajstić information content (AvgIpc) is 2.37. The lowest BCUT2D eigenvalue weighted by Gasteiger charge is -2.36. The minimum absolute atomic E-state index is 0.134. The third-order valence-corrected chi connectivity index (χ3v) is 4.08. The van der Waals surface area contributed by atoms with Gasteiger partial charge in [0.15, 0.2) is 0 Å². The lowest BCUT2D eigenvalue weighted by Crippen LogP contribution is -2.40. The Kier molecular flexibility index (Phi) is 4.62. The first-order valence-corrected chi connectivity index (χ1v) is 7.48. The molecule has 1 fully saturated rings. The van der Waals surface area contributed by atoms with E-state index >= 15 is 0 Å². The third-order valence-electron chi connectivity index (χ3n) is 4.08. The molecule has 0 saturated heterocycles. The van der Waals surface area contributed by atoms with Gasteiger partial charge in [-0.15, -0.1) is 0 Å². The minimum Gasteiger partial charge on any atom is -0.307 e. The molecular formula is C17H26FN. The van der Waals surface area contributed by atoms with Gasteiger partial charge in [0.2, 0.25) is 0 Å². The summed E-state index contributed by atoms with van der Waals surface area (Å²) in [5.41, 5.74) is 1.33. The SMILES string of the molecule is CC(C)(C)C(NC1CCCCC1)c1ccc(F)cc1. The second-order valence-electron chi connectivity index (χ2n) is 6.85. The molecule has 0 heterocycles. The zero-order valence-corrected chi connectivity index (χ0v) is 12.4. The molecule has 1 unspecified atom stereocenters. The first-order chi connectivity index (χ1) is 8.97. The largest absolute Gasteiger partial charge is 0.307 e. The molecule has 0 radical (unpaired) electrons. The van der Waals surface area contributed by atoms with Gasteiger partial charge in [-0.25, -0.2) is 4.39 Å². The van der Waals surface area contributed by atoms with Crippen molar-refractivity contribution >= 4 is 0 Å². The van der Waals surface area contributed by atoms with Crippen molar-refractivity contribution in [2.45, 2.75) is 65.0 Å². The predicted octanol–water partition coefficient (Wildman–Crippen LogP) is 4.84. The van der Waals surface area contributed by atoms with Gasteiger partial charge in [0.25, 0.3) is 0 Å². The number of rotatable bonds is 3. The smallest absolute Gasteiger partial charge is 0.123 e. The molecule has 1 aromatic carbocycles. The molecule has 0 aromatic heterocycles. The van der Waals surface area contributed by atoms with E-state index in [1.54, 1.807) is 12.1 Å². The number of nitrogens with one attached hydrogen (secondary N) is 1. The maximum Gasteiger partial charge on any atom is 0.123 e. The number of hydrogen-bond donors (Lipinski definition) is 1. The number of hydrogen-bond acceptors (Lipinski definition) is 1. The fraction of sp³-hybridized carbons (Fsp3) is 0.647. The van der Waals surface area contributed by atoms with Crippen molar-refractivity contribution in [1.29, 1.82) is 0 Å². The molecule has 1 aliphatic carbocycles. The third kappa shape index (κ3) is 4.04. The second-order valence-corrected chi connectivity index (χ2v) is 6.85. The Morgan fingerprint density at radius 1 is 1.05 bits per heavy atom.